The Hall–Kier alpha value is -3.26. The number of anilines is 1. The van der Waals surface area contributed by atoms with Gasteiger partial charge in [-0.3, -0.25) is 4.79 Å². The molecule has 1 aromatic carbocycles. The van der Waals surface area contributed by atoms with Crippen LogP contribution in [-0.2, 0) is 11.3 Å². The van der Waals surface area contributed by atoms with Crippen LogP contribution in [0.1, 0.15) is 21.9 Å². The average molecular weight is 379 g/mol. The number of carbonyl (C=O) groups is 1. The Balaban J connectivity index is 1.42. The van der Waals surface area contributed by atoms with Gasteiger partial charge < -0.3 is 19.4 Å². The van der Waals surface area contributed by atoms with E-state index >= 15 is 0 Å². The number of morpholine rings is 1. The molecule has 1 fully saturated rings. The molecule has 2 aromatic heterocycles. The first kappa shape index (κ1) is 18.1. The van der Waals surface area contributed by atoms with Crippen LogP contribution in [-0.4, -0.2) is 47.4 Å². The molecule has 1 aliphatic heterocycles. The fourth-order valence-corrected chi connectivity index (χ4v) is 3.01. The zero-order valence-electron chi connectivity index (χ0n) is 15.6. The first-order valence-corrected chi connectivity index (χ1v) is 9.16. The van der Waals surface area contributed by atoms with Gasteiger partial charge in [0, 0.05) is 31.1 Å². The maximum atomic E-state index is 12.6. The average Bonchev–Trinajstić information content (AvgIpc) is 3.19. The fourth-order valence-electron chi connectivity index (χ4n) is 3.01. The normalized spacial score (nSPS) is 14.1. The SMILES string of the molecule is Cc1nnc(-c2cccc(C(=O)NCc3cccc(N4CCOCC4)n3)c2)o1. The standard InChI is InChI=1S/C20H21N5O3/c1-14-23-24-20(28-14)16-5-2-4-15(12-16)19(26)21-13-17-6-3-7-18(22-17)25-8-10-27-11-9-25/h2-7,12H,8-11,13H2,1H3,(H,21,26). The number of hydrogen-bond acceptors (Lipinski definition) is 7. The number of aryl methyl sites for hydroxylation is 1. The van der Waals surface area contributed by atoms with Crippen LogP contribution in [0.15, 0.2) is 46.9 Å². The van der Waals surface area contributed by atoms with E-state index in [-0.39, 0.29) is 5.91 Å². The summed E-state index contributed by atoms with van der Waals surface area (Å²) in [7, 11) is 0. The van der Waals surface area contributed by atoms with Gasteiger partial charge in [-0.25, -0.2) is 4.98 Å². The van der Waals surface area contributed by atoms with E-state index in [1.807, 2.05) is 24.3 Å². The molecule has 0 saturated carbocycles. The molecule has 1 N–H and O–H groups in total. The van der Waals surface area contributed by atoms with Crippen LogP contribution in [0.4, 0.5) is 5.82 Å². The number of carbonyl (C=O) groups excluding carboxylic acids is 1. The molecule has 0 spiro atoms. The van der Waals surface area contributed by atoms with Gasteiger partial charge in [-0.15, -0.1) is 10.2 Å². The first-order chi connectivity index (χ1) is 13.7. The molecule has 8 nitrogen and oxygen atoms in total. The highest BCUT2D eigenvalue weighted by Crippen LogP contribution is 2.19. The highest BCUT2D eigenvalue weighted by atomic mass is 16.5. The maximum absolute atomic E-state index is 12.6. The third kappa shape index (κ3) is 4.17. The number of nitrogens with zero attached hydrogens (tertiary/aromatic N) is 4. The Morgan fingerprint density at radius 3 is 2.75 bits per heavy atom. The molecule has 28 heavy (non-hydrogen) atoms. The van der Waals surface area contributed by atoms with E-state index in [4.69, 9.17) is 9.15 Å². The van der Waals surface area contributed by atoms with Crippen molar-refractivity contribution >= 4 is 11.7 Å². The number of pyridine rings is 1. The number of amides is 1. The Kier molecular flexibility index (Phi) is 5.29. The summed E-state index contributed by atoms with van der Waals surface area (Å²) >= 11 is 0. The summed E-state index contributed by atoms with van der Waals surface area (Å²) in [6.07, 6.45) is 0. The van der Waals surface area contributed by atoms with Crippen molar-refractivity contribution in [3.8, 4) is 11.5 Å². The van der Waals surface area contributed by atoms with E-state index in [9.17, 15) is 4.79 Å². The Morgan fingerprint density at radius 2 is 1.96 bits per heavy atom. The minimum Gasteiger partial charge on any atom is -0.421 e. The van der Waals surface area contributed by atoms with Crippen molar-refractivity contribution in [3.63, 3.8) is 0 Å². The fraction of sp³-hybridized carbons (Fsp3) is 0.300. The van der Waals surface area contributed by atoms with Crippen LogP contribution in [0.3, 0.4) is 0 Å². The van der Waals surface area contributed by atoms with Gasteiger partial charge in [0.05, 0.1) is 25.5 Å². The van der Waals surface area contributed by atoms with Crippen LogP contribution in [0.5, 0.6) is 0 Å². The van der Waals surface area contributed by atoms with Crippen molar-refractivity contribution in [3.05, 3.63) is 59.6 Å². The summed E-state index contributed by atoms with van der Waals surface area (Å²) < 4.78 is 10.8. The van der Waals surface area contributed by atoms with E-state index < -0.39 is 0 Å². The van der Waals surface area contributed by atoms with Gasteiger partial charge in [-0.05, 0) is 30.3 Å². The van der Waals surface area contributed by atoms with Crippen LogP contribution in [0.25, 0.3) is 11.5 Å². The monoisotopic (exact) mass is 379 g/mol. The molecule has 8 heteroatoms. The van der Waals surface area contributed by atoms with E-state index in [0.717, 1.165) is 24.6 Å². The Bertz CT molecular complexity index is 966. The van der Waals surface area contributed by atoms with Gasteiger partial charge in [0.15, 0.2) is 0 Å². The van der Waals surface area contributed by atoms with Gasteiger partial charge in [0.25, 0.3) is 5.91 Å². The lowest BCUT2D eigenvalue weighted by atomic mass is 10.1. The summed E-state index contributed by atoms with van der Waals surface area (Å²) in [6, 6.07) is 12.9. The lowest BCUT2D eigenvalue weighted by molar-refractivity contribution is 0.0950. The second-order valence-corrected chi connectivity index (χ2v) is 6.48. The zero-order chi connectivity index (χ0) is 19.3. The van der Waals surface area contributed by atoms with Crippen LogP contribution >= 0.6 is 0 Å². The predicted molar refractivity (Wildman–Crippen MR) is 103 cm³/mol. The van der Waals surface area contributed by atoms with Crippen molar-refractivity contribution in [2.75, 3.05) is 31.2 Å². The summed E-state index contributed by atoms with van der Waals surface area (Å²) in [5, 5.41) is 10.7. The van der Waals surface area contributed by atoms with E-state index in [0.29, 0.717) is 42.7 Å². The molecule has 0 radical (unpaired) electrons. The number of rotatable bonds is 5. The molecular formula is C20H21N5O3. The van der Waals surface area contributed by atoms with E-state index in [2.05, 4.69) is 25.4 Å². The molecule has 1 aliphatic rings. The molecule has 4 rings (SSSR count). The molecule has 0 aliphatic carbocycles. The highest BCUT2D eigenvalue weighted by Gasteiger charge is 2.14. The molecule has 3 aromatic rings. The number of nitrogens with one attached hydrogen (secondary N) is 1. The highest BCUT2D eigenvalue weighted by molar-refractivity contribution is 5.95. The predicted octanol–water partition coefficient (Wildman–Crippen LogP) is 2.21. The lowest BCUT2D eigenvalue weighted by Gasteiger charge is -2.28. The summed E-state index contributed by atoms with van der Waals surface area (Å²) in [4.78, 5) is 19.4. The summed E-state index contributed by atoms with van der Waals surface area (Å²) in [6.45, 7) is 5.14. The van der Waals surface area contributed by atoms with Gasteiger partial charge >= 0.3 is 0 Å². The molecule has 0 atom stereocenters. The lowest BCUT2D eigenvalue weighted by Crippen LogP contribution is -2.37. The molecule has 144 valence electrons. The maximum Gasteiger partial charge on any atom is 0.251 e. The topological polar surface area (TPSA) is 93.4 Å². The Labute approximate surface area is 162 Å². The van der Waals surface area contributed by atoms with Crippen LogP contribution in [0, 0.1) is 6.92 Å². The smallest absolute Gasteiger partial charge is 0.251 e. The second-order valence-electron chi connectivity index (χ2n) is 6.48. The molecule has 0 bridgehead atoms. The third-order valence-electron chi connectivity index (χ3n) is 4.45. The summed E-state index contributed by atoms with van der Waals surface area (Å²) in [5.41, 5.74) is 2.04. The van der Waals surface area contributed by atoms with Gasteiger partial charge in [-0.1, -0.05) is 12.1 Å². The molecule has 1 amide bonds. The summed E-state index contributed by atoms with van der Waals surface area (Å²) in [5.74, 6) is 1.60. The van der Waals surface area contributed by atoms with Crippen molar-refractivity contribution in [1.82, 2.24) is 20.5 Å². The van der Waals surface area contributed by atoms with Crippen molar-refractivity contribution in [1.29, 1.82) is 0 Å². The minimum atomic E-state index is -0.184. The van der Waals surface area contributed by atoms with Gasteiger partial charge in [-0.2, -0.15) is 0 Å². The molecular weight excluding hydrogens is 358 g/mol. The van der Waals surface area contributed by atoms with Crippen molar-refractivity contribution in [2.45, 2.75) is 13.5 Å². The molecule has 1 saturated heterocycles. The van der Waals surface area contributed by atoms with E-state index in [1.165, 1.54) is 0 Å². The van der Waals surface area contributed by atoms with Crippen molar-refractivity contribution in [2.24, 2.45) is 0 Å². The number of benzene rings is 1. The largest absolute Gasteiger partial charge is 0.421 e. The first-order valence-electron chi connectivity index (χ1n) is 9.16. The van der Waals surface area contributed by atoms with Gasteiger partial charge in [0.2, 0.25) is 11.8 Å². The van der Waals surface area contributed by atoms with E-state index in [1.54, 1.807) is 25.1 Å². The Morgan fingerprint density at radius 1 is 1.14 bits per heavy atom. The van der Waals surface area contributed by atoms with Gasteiger partial charge in [0.1, 0.15) is 5.82 Å². The van der Waals surface area contributed by atoms with Crippen molar-refractivity contribution < 1.29 is 13.9 Å². The second kappa shape index (κ2) is 8.18. The quantitative estimate of drug-likeness (QED) is 0.726. The zero-order valence-corrected chi connectivity index (χ0v) is 15.6. The molecule has 3 heterocycles. The number of aromatic nitrogens is 3. The minimum absolute atomic E-state index is 0.184. The third-order valence-corrected chi connectivity index (χ3v) is 4.45. The number of hydrogen-bond donors (Lipinski definition) is 1. The molecule has 0 unspecified atom stereocenters. The van der Waals surface area contributed by atoms with Crippen LogP contribution < -0.4 is 10.2 Å². The van der Waals surface area contributed by atoms with Crippen LogP contribution in [0.2, 0.25) is 0 Å². The number of ether oxygens (including phenoxy) is 1.